The topological polar surface area (TPSA) is 46.1 Å². The Hall–Kier alpha value is -1.88. The highest BCUT2D eigenvalue weighted by atomic mass is 32.2. The second-order valence-corrected chi connectivity index (χ2v) is 6.94. The van der Waals surface area contributed by atoms with Gasteiger partial charge >= 0.3 is 0 Å². The van der Waals surface area contributed by atoms with Gasteiger partial charge < -0.3 is 4.90 Å². The zero-order chi connectivity index (χ0) is 16.4. The molecule has 23 heavy (non-hydrogen) atoms. The van der Waals surface area contributed by atoms with E-state index in [0.29, 0.717) is 10.9 Å². The fourth-order valence-electron chi connectivity index (χ4n) is 3.02. The van der Waals surface area contributed by atoms with Crippen molar-refractivity contribution in [1.29, 1.82) is 0 Å². The average Bonchev–Trinajstić information content (AvgIpc) is 2.51. The highest BCUT2D eigenvalue weighted by Crippen LogP contribution is 2.31. The summed E-state index contributed by atoms with van der Waals surface area (Å²) in [6.45, 7) is 6.01. The largest absolute Gasteiger partial charge is 0.309 e. The number of aryl methyl sites for hydroxylation is 3. The summed E-state index contributed by atoms with van der Waals surface area (Å²) in [6, 6.07) is 10.4. The van der Waals surface area contributed by atoms with E-state index >= 15 is 0 Å². The lowest BCUT2D eigenvalue weighted by Crippen LogP contribution is -2.43. The first-order chi connectivity index (χ1) is 11.0. The van der Waals surface area contributed by atoms with Gasteiger partial charge in [0.2, 0.25) is 5.91 Å². The van der Waals surface area contributed by atoms with Crippen LogP contribution >= 0.6 is 11.8 Å². The molecule has 0 fully saturated rings. The predicted molar refractivity (Wildman–Crippen MR) is 93.9 cm³/mol. The van der Waals surface area contributed by atoms with Crippen LogP contribution in [-0.2, 0) is 11.2 Å². The van der Waals surface area contributed by atoms with E-state index in [9.17, 15) is 4.79 Å². The average molecular weight is 327 g/mol. The van der Waals surface area contributed by atoms with Gasteiger partial charge in [0.05, 0.1) is 5.75 Å². The lowest BCUT2D eigenvalue weighted by molar-refractivity contribution is -0.116. The molecular weight excluding hydrogens is 306 g/mol. The van der Waals surface area contributed by atoms with Gasteiger partial charge in [-0.05, 0) is 51.3 Å². The summed E-state index contributed by atoms with van der Waals surface area (Å²) < 4.78 is 0. The van der Waals surface area contributed by atoms with Crippen LogP contribution in [0.4, 0.5) is 5.69 Å². The molecule has 0 bridgehead atoms. The van der Waals surface area contributed by atoms with Crippen molar-refractivity contribution in [3.63, 3.8) is 0 Å². The van der Waals surface area contributed by atoms with Gasteiger partial charge in [0.25, 0.3) is 0 Å². The Balaban J connectivity index is 1.75. The van der Waals surface area contributed by atoms with Gasteiger partial charge in [-0.25, -0.2) is 9.97 Å². The van der Waals surface area contributed by atoms with Crippen LogP contribution in [0.15, 0.2) is 35.5 Å². The van der Waals surface area contributed by atoms with Crippen LogP contribution in [0.5, 0.6) is 0 Å². The number of anilines is 1. The fourth-order valence-corrected chi connectivity index (χ4v) is 3.83. The molecule has 2 aromatic rings. The van der Waals surface area contributed by atoms with Crippen LogP contribution in [0.25, 0.3) is 0 Å². The van der Waals surface area contributed by atoms with Crippen molar-refractivity contribution in [2.24, 2.45) is 0 Å². The Morgan fingerprint density at radius 2 is 1.96 bits per heavy atom. The second kappa shape index (κ2) is 6.71. The normalized spacial score (nSPS) is 17.0. The number of thioether (sulfide) groups is 1. The van der Waals surface area contributed by atoms with Crippen LogP contribution in [-0.4, -0.2) is 27.7 Å². The number of carbonyl (C=O) groups excluding carboxylic acids is 1. The monoisotopic (exact) mass is 327 g/mol. The molecule has 1 aliphatic heterocycles. The molecule has 120 valence electrons. The number of carbonyl (C=O) groups is 1. The summed E-state index contributed by atoms with van der Waals surface area (Å²) in [6.07, 6.45) is 2.04. The molecule has 2 heterocycles. The number of nitrogens with zero attached hydrogens (tertiary/aromatic N) is 3. The number of aromatic nitrogens is 2. The van der Waals surface area contributed by atoms with E-state index in [4.69, 9.17) is 0 Å². The molecule has 1 aliphatic rings. The van der Waals surface area contributed by atoms with Crippen LogP contribution in [0, 0.1) is 13.8 Å². The van der Waals surface area contributed by atoms with Gasteiger partial charge in [0.1, 0.15) is 0 Å². The number of rotatable bonds is 3. The maximum Gasteiger partial charge on any atom is 0.237 e. The van der Waals surface area contributed by atoms with Gasteiger partial charge in [0.15, 0.2) is 5.16 Å². The molecule has 5 heteroatoms. The first-order valence-electron chi connectivity index (χ1n) is 7.89. The van der Waals surface area contributed by atoms with Gasteiger partial charge in [-0.15, -0.1) is 0 Å². The Bertz CT molecular complexity index is 712. The van der Waals surface area contributed by atoms with E-state index in [2.05, 4.69) is 23.0 Å². The standard InChI is InChI=1S/C18H21N3OS/c1-12-10-13(2)20-18(19-12)23-11-17(22)21-14(3)8-9-15-6-4-5-7-16(15)21/h4-7,10,14H,8-9,11H2,1-3H3/t14-/m1/s1. The van der Waals surface area contributed by atoms with Gasteiger partial charge in [-0.2, -0.15) is 0 Å². The first-order valence-corrected chi connectivity index (χ1v) is 8.88. The number of hydrogen-bond acceptors (Lipinski definition) is 4. The smallest absolute Gasteiger partial charge is 0.237 e. The number of fused-ring (bicyclic) bond motifs is 1. The molecule has 0 saturated carbocycles. The second-order valence-electron chi connectivity index (χ2n) is 6.00. The first kappa shape index (κ1) is 16.0. The van der Waals surface area contributed by atoms with Crippen molar-refractivity contribution < 1.29 is 4.79 Å². The van der Waals surface area contributed by atoms with Crippen LogP contribution in [0.2, 0.25) is 0 Å². The van der Waals surface area contributed by atoms with E-state index in [1.54, 1.807) is 0 Å². The van der Waals surface area contributed by atoms with Gasteiger partial charge in [0, 0.05) is 23.1 Å². The maximum absolute atomic E-state index is 12.8. The summed E-state index contributed by atoms with van der Waals surface area (Å²) in [7, 11) is 0. The number of amides is 1. The molecule has 0 unspecified atom stereocenters. The zero-order valence-electron chi connectivity index (χ0n) is 13.7. The van der Waals surface area contributed by atoms with Gasteiger partial charge in [-0.1, -0.05) is 30.0 Å². The summed E-state index contributed by atoms with van der Waals surface area (Å²) in [5, 5.41) is 0.675. The van der Waals surface area contributed by atoms with E-state index in [1.807, 2.05) is 43.0 Å². The molecule has 0 spiro atoms. The van der Waals surface area contributed by atoms with Crippen molar-refractivity contribution in [3.05, 3.63) is 47.3 Å². The fraction of sp³-hybridized carbons (Fsp3) is 0.389. The van der Waals surface area contributed by atoms with Crippen LogP contribution in [0.1, 0.15) is 30.3 Å². The number of para-hydroxylation sites is 1. The summed E-state index contributed by atoms with van der Waals surface area (Å²) in [5.41, 5.74) is 4.18. The maximum atomic E-state index is 12.8. The van der Waals surface area contributed by atoms with E-state index in [1.165, 1.54) is 17.3 Å². The summed E-state index contributed by atoms with van der Waals surface area (Å²) >= 11 is 1.41. The summed E-state index contributed by atoms with van der Waals surface area (Å²) in [4.78, 5) is 23.5. The van der Waals surface area contributed by atoms with Crippen molar-refractivity contribution in [1.82, 2.24) is 9.97 Å². The van der Waals surface area contributed by atoms with E-state index in [0.717, 1.165) is 29.9 Å². The molecular formula is C18H21N3OS. The highest BCUT2D eigenvalue weighted by Gasteiger charge is 2.27. The van der Waals surface area contributed by atoms with Crippen LogP contribution < -0.4 is 4.90 Å². The van der Waals surface area contributed by atoms with Gasteiger partial charge in [-0.3, -0.25) is 4.79 Å². The summed E-state index contributed by atoms with van der Waals surface area (Å²) in [5.74, 6) is 0.485. The molecule has 1 aromatic carbocycles. The number of hydrogen-bond donors (Lipinski definition) is 0. The lowest BCUT2D eigenvalue weighted by atomic mass is 9.97. The molecule has 1 atom stereocenters. The van der Waals surface area contributed by atoms with Crippen molar-refractivity contribution in [2.45, 2.75) is 44.8 Å². The third kappa shape index (κ3) is 3.55. The van der Waals surface area contributed by atoms with Crippen molar-refractivity contribution >= 4 is 23.4 Å². The molecule has 0 saturated heterocycles. The molecule has 1 aromatic heterocycles. The Morgan fingerprint density at radius 3 is 2.70 bits per heavy atom. The quantitative estimate of drug-likeness (QED) is 0.639. The molecule has 4 nitrogen and oxygen atoms in total. The minimum atomic E-state index is 0.123. The molecule has 3 rings (SSSR count). The predicted octanol–water partition coefficient (Wildman–Crippen LogP) is 3.55. The third-order valence-corrected chi connectivity index (χ3v) is 4.91. The lowest BCUT2D eigenvalue weighted by Gasteiger charge is -2.35. The molecule has 0 aliphatic carbocycles. The van der Waals surface area contributed by atoms with E-state index < -0.39 is 0 Å². The zero-order valence-corrected chi connectivity index (χ0v) is 14.6. The Kier molecular flexibility index (Phi) is 4.66. The minimum absolute atomic E-state index is 0.123. The Labute approximate surface area is 141 Å². The number of benzene rings is 1. The van der Waals surface area contributed by atoms with Crippen molar-refractivity contribution in [2.75, 3.05) is 10.7 Å². The Morgan fingerprint density at radius 1 is 1.26 bits per heavy atom. The molecule has 0 radical (unpaired) electrons. The highest BCUT2D eigenvalue weighted by molar-refractivity contribution is 7.99. The van der Waals surface area contributed by atoms with Crippen molar-refractivity contribution in [3.8, 4) is 0 Å². The SMILES string of the molecule is Cc1cc(C)nc(SCC(=O)N2c3ccccc3CC[C@H]2C)n1. The molecule has 0 N–H and O–H groups in total. The minimum Gasteiger partial charge on any atom is -0.309 e. The third-order valence-electron chi connectivity index (χ3n) is 4.08. The van der Waals surface area contributed by atoms with Crippen LogP contribution in [0.3, 0.4) is 0 Å². The molecule has 1 amide bonds. The van der Waals surface area contributed by atoms with E-state index in [-0.39, 0.29) is 11.9 Å².